The van der Waals surface area contributed by atoms with Crippen LogP contribution in [0.3, 0.4) is 0 Å². The Morgan fingerprint density at radius 3 is 2.60 bits per heavy atom. The molecule has 2 fully saturated rings. The van der Waals surface area contributed by atoms with Crippen molar-refractivity contribution in [2.75, 3.05) is 13.1 Å². The van der Waals surface area contributed by atoms with Crippen LogP contribution in [0.5, 0.6) is 0 Å². The Balaban J connectivity index is 1.58. The topological polar surface area (TPSA) is 104 Å². The number of carbonyl (C=O) groups excluding carboxylic acids is 1. The first-order valence-electron chi connectivity index (χ1n) is 8.47. The fraction of sp³-hybridized carbons (Fsp3) is 0.529. The van der Waals surface area contributed by atoms with Crippen molar-refractivity contribution in [1.82, 2.24) is 9.62 Å². The number of carboxylic acids is 1. The van der Waals surface area contributed by atoms with Gasteiger partial charge in [0.2, 0.25) is 15.9 Å². The van der Waals surface area contributed by atoms with E-state index in [1.54, 1.807) is 18.2 Å². The van der Waals surface area contributed by atoms with Gasteiger partial charge in [-0.3, -0.25) is 4.79 Å². The van der Waals surface area contributed by atoms with Gasteiger partial charge >= 0.3 is 5.97 Å². The molecule has 0 aromatic heterocycles. The molecule has 2 aliphatic rings. The zero-order chi connectivity index (χ0) is 18.0. The summed E-state index contributed by atoms with van der Waals surface area (Å²) in [5.74, 6) is -0.987. The number of nitrogens with one attached hydrogen (secondary N) is 1. The smallest absolute Gasteiger partial charge is 0.326 e. The Morgan fingerprint density at radius 2 is 1.92 bits per heavy atom. The van der Waals surface area contributed by atoms with E-state index in [0.29, 0.717) is 6.54 Å². The van der Waals surface area contributed by atoms with Gasteiger partial charge in [0.1, 0.15) is 6.04 Å². The minimum absolute atomic E-state index is 0.0301. The van der Waals surface area contributed by atoms with Gasteiger partial charge in [-0.1, -0.05) is 24.6 Å². The van der Waals surface area contributed by atoms with Crippen molar-refractivity contribution in [2.24, 2.45) is 11.8 Å². The van der Waals surface area contributed by atoms with Gasteiger partial charge in [-0.25, -0.2) is 17.9 Å². The van der Waals surface area contributed by atoms with Crippen LogP contribution in [0.15, 0.2) is 35.2 Å². The minimum atomic E-state index is -3.66. The maximum atomic E-state index is 12.4. The molecule has 7 nitrogen and oxygen atoms in total. The number of nitrogens with zero attached hydrogens (tertiary/aromatic N) is 1. The molecular weight excluding hydrogens is 344 g/mol. The molecule has 136 valence electrons. The lowest BCUT2D eigenvalue weighted by Crippen LogP contribution is -2.44. The van der Waals surface area contributed by atoms with Crippen LogP contribution in [-0.4, -0.2) is 49.4 Å². The highest BCUT2D eigenvalue weighted by Gasteiger charge is 2.49. The van der Waals surface area contributed by atoms with Crippen molar-refractivity contribution in [3.63, 3.8) is 0 Å². The molecule has 0 bridgehead atoms. The molecule has 1 aliphatic carbocycles. The number of sulfonamides is 1. The Morgan fingerprint density at radius 1 is 1.20 bits per heavy atom. The average Bonchev–Trinajstić information content (AvgIpc) is 3.15. The number of hydrogen-bond donors (Lipinski definition) is 2. The van der Waals surface area contributed by atoms with Crippen molar-refractivity contribution in [3.8, 4) is 0 Å². The van der Waals surface area contributed by atoms with E-state index in [0.717, 1.165) is 19.3 Å². The normalized spacial score (nSPS) is 25.8. The van der Waals surface area contributed by atoms with Crippen molar-refractivity contribution >= 4 is 21.9 Å². The molecule has 3 atom stereocenters. The van der Waals surface area contributed by atoms with Crippen LogP contribution >= 0.6 is 0 Å². The molecule has 1 heterocycles. The third kappa shape index (κ3) is 3.69. The standard InChI is InChI=1S/C17H22N2O5S/c20-15(9-10-18-25(23,24)13-6-2-1-3-7-13)19-11-12-5-4-8-14(12)16(19)17(21)22/h1-3,6-7,12,14,16,18H,4-5,8-11H2,(H,21,22). The summed E-state index contributed by atoms with van der Waals surface area (Å²) >= 11 is 0. The van der Waals surface area contributed by atoms with Crippen LogP contribution in [0.25, 0.3) is 0 Å². The summed E-state index contributed by atoms with van der Waals surface area (Å²) in [6.45, 7) is 0.417. The zero-order valence-electron chi connectivity index (χ0n) is 13.8. The number of carboxylic acid groups (broad SMARTS) is 1. The molecule has 8 heteroatoms. The van der Waals surface area contributed by atoms with E-state index >= 15 is 0 Å². The van der Waals surface area contributed by atoms with E-state index in [-0.39, 0.29) is 35.6 Å². The molecule has 1 aromatic carbocycles. The van der Waals surface area contributed by atoms with Crippen LogP contribution in [0.4, 0.5) is 0 Å². The van der Waals surface area contributed by atoms with Crippen molar-refractivity contribution in [2.45, 2.75) is 36.6 Å². The number of rotatable bonds is 6. The number of hydrogen-bond acceptors (Lipinski definition) is 4. The van der Waals surface area contributed by atoms with Gasteiger partial charge in [0.15, 0.2) is 0 Å². The number of carbonyl (C=O) groups is 2. The van der Waals surface area contributed by atoms with Gasteiger partial charge in [-0.05, 0) is 36.8 Å². The largest absolute Gasteiger partial charge is 0.480 e. The molecular formula is C17H22N2O5S. The maximum absolute atomic E-state index is 12.4. The van der Waals surface area contributed by atoms with E-state index in [1.165, 1.54) is 17.0 Å². The summed E-state index contributed by atoms with van der Waals surface area (Å²) in [4.78, 5) is 25.6. The van der Waals surface area contributed by atoms with Gasteiger partial charge in [-0.2, -0.15) is 0 Å². The van der Waals surface area contributed by atoms with Gasteiger partial charge in [0.25, 0.3) is 0 Å². The molecule has 2 N–H and O–H groups in total. The Bertz CT molecular complexity index is 750. The van der Waals surface area contributed by atoms with Gasteiger partial charge in [0.05, 0.1) is 4.90 Å². The highest BCUT2D eigenvalue weighted by atomic mass is 32.2. The van der Waals surface area contributed by atoms with Crippen LogP contribution < -0.4 is 4.72 Å². The third-order valence-electron chi connectivity index (χ3n) is 5.15. The van der Waals surface area contributed by atoms with Crippen LogP contribution in [0.2, 0.25) is 0 Å². The summed E-state index contributed by atoms with van der Waals surface area (Å²) in [6, 6.07) is 7.16. The van der Waals surface area contributed by atoms with E-state index in [4.69, 9.17) is 0 Å². The molecule has 1 aliphatic heterocycles. The maximum Gasteiger partial charge on any atom is 0.326 e. The second-order valence-corrected chi connectivity index (χ2v) is 8.41. The Labute approximate surface area is 147 Å². The minimum Gasteiger partial charge on any atom is -0.480 e. The van der Waals surface area contributed by atoms with Gasteiger partial charge in [-0.15, -0.1) is 0 Å². The molecule has 1 saturated heterocycles. The fourth-order valence-corrected chi connectivity index (χ4v) is 5.05. The summed E-state index contributed by atoms with van der Waals surface area (Å²) in [7, 11) is -3.66. The first kappa shape index (κ1) is 17.9. The SMILES string of the molecule is O=C(O)C1C2CCCC2CN1C(=O)CCNS(=O)(=O)c1ccccc1. The molecule has 0 spiro atoms. The lowest BCUT2D eigenvalue weighted by atomic mass is 9.94. The van der Waals surface area contributed by atoms with E-state index < -0.39 is 22.0 Å². The highest BCUT2D eigenvalue weighted by molar-refractivity contribution is 7.89. The second-order valence-electron chi connectivity index (χ2n) is 6.64. The predicted octanol–water partition coefficient (Wildman–Crippen LogP) is 1.07. The quantitative estimate of drug-likeness (QED) is 0.784. The molecule has 0 radical (unpaired) electrons. The Kier molecular flexibility index (Phi) is 5.10. The third-order valence-corrected chi connectivity index (χ3v) is 6.63. The molecule has 3 rings (SSSR count). The lowest BCUT2D eigenvalue weighted by Gasteiger charge is -2.24. The number of likely N-dealkylation sites (tertiary alicyclic amines) is 1. The number of amides is 1. The zero-order valence-corrected chi connectivity index (χ0v) is 14.6. The summed E-state index contributed by atoms with van der Waals surface area (Å²) < 4.78 is 26.7. The van der Waals surface area contributed by atoms with Gasteiger partial charge in [0, 0.05) is 19.5 Å². The first-order chi connectivity index (χ1) is 11.9. The van der Waals surface area contributed by atoms with Gasteiger partial charge < -0.3 is 10.0 Å². The van der Waals surface area contributed by atoms with Crippen molar-refractivity contribution in [1.29, 1.82) is 0 Å². The predicted molar refractivity (Wildman–Crippen MR) is 90.2 cm³/mol. The Hall–Kier alpha value is -1.93. The summed E-state index contributed by atoms with van der Waals surface area (Å²) in [5.41, 5.74) is 0. The number of fused-ring (bicyclic) bond motifs is 1. The van der Waals surface area contributed by atoms with E-state index in [2.05, 4.69) is 4.72 Å². The monoisotopic (exact) mass is 366 g/mol. The summed E-state index contributed by atoms with van der Waals surface area (Å²) in [6.07, 6.45) is 2.76. The molecule has 3 unspecified atom stereocenters. The second kappa shape index (κ2) is 7.13. The molecule has 25 heavy (non-hydrogen) atoms. The number of benzene rings is 1. The summed E-state index contributed by atoms with van der Waals surface area (Å²) in [5, 5.41) is 9.48. The van der Waals surface area contributed by atoms with E-state index in [9.17, 15) is 23.1 Å². The molecule has 1 aromatic rings. The van der Waals surface area contributed by atoms with Crippen LogP contribution in [-0.2, 0) is 19.6 Å². The fourth-order valence-electron chi connectivity index (χ4n) is 4.00. The van der Waals surface area contributed by atoms with Crippen LogP contribution in [0.1, 0.15) is 25.7 Å². The highest BCUT2D eigenvalue weighted by Crippen LogP contribution is 2.42. The average molecular weight is 366 g/mol. The lowest BCUT2D eigenvalue weighted by molar-refractivity contribution is -0.149. The molecule has 1 amide bonds. The first-order valence-corrected chi connectivity index (χ1v) is 9.95. The van der Waals surface area contributed by atoms with Crippen molar-refractivity contribution < 1.29 is 23.1 Å². The number of aliphatic carboxylic acids is 1. The van der Waals surface area contributed by atoms with Crippen LogP contribution in [0, 0.1) is 11.8 Å². The van der Waals surface area contributed by atoms with E-state index in [1.807, 2.05) is 0 Å². The van der Waals surface area contributed by atoms with Crippen molar-refractivity contribution in [3.05, 3.63) is 30.3 Å². The molecule has 1 saturated carbocycles.